The van der Waals surface area contributed by atoms with Crippen molar-refractivity contribution in [2.75, 3.05) is 7.11 Å². The number of hydrogen-bond donors (Lipinski definition) is 1. The van der Waals surface area contributed by atoms with Gasteiger partial charge in [-0.15, -0.1) is 0 Å². The number of furan rings is 1. The molecule has 0 fully saturated rings. The first-order valence-electron chi connectivity index (χ1n) is 9.55. The summed E-state index contributed by atoms with van der Waals surface area (Å²) < 4.78 is 10.3. The molecule has 7 nitrogen and oxygen atoms in total. The quantitative estimate of drug-likeness (QED) is 0.648. The van der Waals surface area contributed by atoms with E-state index < -0.39 is 12.0 Å². The number of hydrogen-bond acceptors (Lipinski definition) is 7. The predicted molar refractivity (Wildman–Crippen MR) is 119 cm³/mol. The number of halogens is 1. The van der Waals surface area contributed by atoms with Gasteiger partial charge in [0.25, 0.3) is 0 Å². The standard InChI is InChI=1S/C22H20ClN3O4S/c1-13-19(21(28)29-2)20(14-5-7-15(23)8-6-14)26-16(12-31-22(26)25-13)10-18(27)24-11-17-4-3-9-30-17/h3-9,12,20H,10-11H2,1-2H3,(H,24,27). The Morgan fingerprint density at radius 2 is 2.06 bits per heavy atom. The van der Waals surface area contributed by atoms with Crippen LogP contribution < -0.4 is 5.32 Å². The molecule has 1 amide bonds. The van der Waals surface area contributed by atoms with Gasteiger partial charge in [-0.3, -0.25) is 4.79 Å². The lowest BCUT2D eigenvalue weighted by Crippen LogP contribution is -2.37. The van der Waals surface area contributed by atoms with E-state index in [0.717, 1.165) is 11.3 Å². The summed E-state index contributed by atoms with van der Waals surface area (Å²) in [5.74, 6) is 0.0537. The van der Waals surface area contributed by atoms with Crippen molar-refractivity contribution in [3.8, 4) is 0 Å². The van der Waals surface area contributed by atoms with E-state index in [9.17, 15) is 9.59 Å². The molecule has 9 heteroatoms. The van der Waals surface area contributed by atoms with E-state index >= 15 is 0 Å². The number of thioether (sulfide) groups is 1. The molecule has 4 rings (SSSR count). The molecule has 0 bridgehead atoms. The molecule has 31 heavy (non-hydrogen) atoms. The molecular weight excluding hydrogens is 438 g/mol. The number of allylic oxidation sites excluding steroid dienone is 1. The molecule has 0 saturated carbocycles. The molecule has 0 saturated heterocycles. The number of amidine groups is 1. The highest BCUT2D eigenvalue weighted by Crippen LogP contribution is 2.44. The molecule has 160 valence electrons. The summed E-state index contributed by atoms with van der Waals surface area (Å²) in [6.45, 7) is 2.09. The molecule has 0 spiro atoms. The van der Waals surface area contributed by atoms with E-state index in [-0.39, 0.29) is 12.3 Å². The van der Waals surface area contributed by atoms with E-state index in [1.54, 1.807) is 37.5 Å². The van der Waals surface area contributed by atoms with Crippen LogP contribution in [0.4, 0.5) is 0 Å². The highest BCUT2D eigenvalue weighted by molar-refractivity contribution is 8.16. The van der Waals surface area contributed by atoms with Gasteiger partial charge in [0.1, 0.15) is 5.76 Å². The average Bonchev–Trinajstić information content (AvgIpc) is 3.42. The van der Waals surface area contributed by atoms with E-state index in [1.165, 1.54) is 18.9 Å². The van der Waals surface area contributed by atoms with Crippen molar-refractivity contribution in [2.45, 2.75) is 25.9 Å². The first-order chi connectivity index (χ1) is 15.0. The Labute approximate surface area is 188 Å². The second-order valence-electron chi connectivity index (χ2n) is 6.97. The highest BCUT2D eigenvalue weighted by atomic mass is 35.5. The number of nitrogens with zero attached hydrogens (tertiary/aromatic N) is 2. The van der Waals surface area contributed by atoms with Crippen LogP contribution in [0.2, 0.25) is 5.02 Å². The monoisotopic (exact) mass is 457 g/mol. The fraction of sp³-hybridized carbons (Fsp3) is 0.227. The first-order valence-corrected chi connectivity index (χ1v) is 10.8. The summed E-state index contributed by atoms with van der Waals surface area (Å²) in [6, 6.07) is 10.4. The van der Waals surface area contributed by atoms with Gasteiger partial charge in [-0.25, -0.2) is 9.79 Å². The topological polar surface area (TPSA) is 84.1 Å². The number of nitrogens with one attached hydrogen (secondary N) is 1. The van der Waals surface area contributed by atoms with Gasteiger partial charge in [0.05, 0.1) is 43.7 Å². The summed E-state index contributed by atoms with van der Waals surface area (Å²) >= 11 is 7.50. The smallest absolute Gasteiger partial charge is 0.338 e. The van der Waals surface area contributed by atoms with Crippen molar-refractivity contribution in [2.24, 2.45) is 4.99 Å². The van der Waals surface area contributed by atoms with Crippen molar-refractivity contribution in [3.05, 3.63) is 81.4 Å². The van der Waals surface area contributed by atoms with Gasteiger partial charge in [-0.2, -0.15) is 0 Å². The van der Waals surface area contributed by atoms with E-state index in [1.807, 2.05) is 22.4 Å². The summed E-state index contributed by atoms with van der Waals surface area (Å²) in [5.41, 5.74) is 2.61. The molecule has 0 aliphatic carbocycles. The van der Waals surface area contributed by atoms with Crippen molar-refractivity contribution in [1.29, 1.82) is 0 Å². The fourth-order valence-electron chi connectivity index (χ4n) is 3.53. The molecule has 2 aliphatic heterocycles. The van der Waals surface area contributed by atoms with Gasteiger partial charge in [-0.1, -0.05) is 35.5 Å². The summed E-state index contributed by atoms with van der Waals surface area (Å²) in [7, 11) is 1.35. The number of carbonyl (C=O) groups is 2. The minimum atomic E-state index is -0.476. The summed E-state index contributed by atoms with van der Waals surface area (Å²) in [4.78, 5) is 31.8. The molecule has 1 atom stereocenters. The van der Waals surface area contributed by atoms with Crippen LogP contribution in [0.25, 0.3) is 0 Å². The van der Waals surface area contributed by atoms with E-state index in [0.29, 0.717) is 33.8 Å². The Kier molecular flexibility index (Phi) is 6.20. The van der Waals surface area contributed by atoms with Crippen molar-refractivity contribution >= 4 is 40.4 Å². The lowest BCUT2D eigenvalue weighted by molar-refractivity contribution is -0.136. The predicted octanol–water partition coefficient (Wildman–Crippen LogP) is 4.39. The minimum absolute atomic E-state index is 0.129. The minimum Gasteiger partial charge on any atom is -0.467 e. The van der Waals surface area contributed by atoms with Crippen LogP contribution >= 0.6 is 23.4 Å². The van der Waals surface area contributed by atoms with Gasteiger partial charge in [-0.05, 0) is 42.2 Å². The van der Waals surface area contributed by atoms with Gasteiger partial charge in [0.2, 0.25) is 5.91 Å². The van der Waals surface area contributed by atoms with Crippen LogP contribution in [0.1, 0.15) is 30.7 Å². The van der Waals surface area contributed by atoms with Gasteiger partial charge < -0.3 is 19.4 Å². The third-order valence-corrected chi connectivity index (χ3v) is 6.11. The number of methoxy groups -OCH3 is 1. The second kappa shape index (κ2) is 9.03. The molecule has 1 aromatic heterocycles. The Morgan fingerprint density at radius 1 is 1.29 bits per heavy atom. The zero-order valence-electron chi connectivity index (χ0n) is 16.9. The zero-order valence-corrected chi connectivity index (χ0v) is 18.5. The maximum absolute atomic E-state index is 12.7. The Morgan fingerprint density at radius 3 is 2.74 bits per heavy atom. The normalized spacial score (nSPS) is 17.8. The van der Waals surface area contributed by atoms with Crippen LogP contribution in [-0.4, -0.2) is 29.1 Å². The van der Waals surface area contributed by atoms with Crippen LogP contribution in [0, 0.1) is 0 Å². The number of amides is 1. The molecule has 2 aromatic rings. The van der Waals surface area contributed by atoms with E-state index in [2.05, 4.69) is 10.3 Å². The van der Waals surface area contributed by atoms with E-state index in [4.69, 9.17) is 20.8 Å². The zero-order chi connectivity index (χ0) is 22.0. The number of rotatable bonds is 6. The number of fused-ring (bicyclic) bond motifs is 1. The molecule has 0 radical (unpaired) electrons. The van der Waals surface area contributed by atoms with Crippen molar-refractivity contribution < 1.29 is 18.7 Å². The Hall–Kier alpha value is -2.97. The summed E-state index contributed by atoms with van der Waals surface area (Å²) in [6.07, 6.45) is 1.69. The molecule has 3 heterocycles. The summed E-state index contributed by atoms with van der Waals surface area (Å²) in [5, 5.41) is 6.05. The molecule has 1 unspecified atom stereocenters. The SMILES string of the molecule is COC(=O)C1=C(C)N=C2SC=C(CC(=O)NCc3ccco3)N2C1c1ccc(Cl)cc1. The van der Waals surface area contributed by atoms with Crippen LogP contribution in [0.5, 0.6) is 0 Å². The number of esters is 1. The number of aliphatic imine (C=N–C) groups is 1. The van der Waals surface area contributed by atoms with Crippen molar-refractivity contribution in [3.63, 3.8) is 0 Å². The lowest BCUT2D eigenvalue weighted by Gasteiger charge is -2.36. The number of ether oxygens (including phenoxy) is 1. The third-order valence-electron chi connectivity index (χ3n) is 4.97. The second-order valence-corrected chi connectivity index (χ2v) is 8.24. The fourth-order valence-corrected chi connectivity index (χ4v) is 4.62. The van der Waals surface area contributed by atoms with Gasteiger partial charge >= 0.3 is 5.97 Å². The Bertz CT molecular complexity index is 1090. The molecule has 1 aromatic carbocycles. The Balaban J connectivity index is 1.62. The third kappa shape index (κ3) is 4.40. The van der Waals surface area contributed by atoms with Crippen LogP contribution in [0.15, 0.2) is 74.4 Å². The van der Waals surface area contributed by atoms with Gasteiger partial charge in [0.15, 0.2) is 5.17 Å². The molecule has 1 N–H and O–H groups in total. The largest absolute Gasteiger partial charge is 0.467 e. The molecule has 2 aliphatic rings. The first kappa shape index (κ1) is 21.3. The number of carbonyl (C=O) groups excluding carboxylic acids is 2. The maximum Gasteiger partial charge on any atom is 0.338 e. The van der Waals surface area contributed by atoms with Crippen LogP contribution in [-0.2, 0) is 20.9 Å². The van der Waals surface area contributed by atoms with Gasteiger partial charge in [0, 0.05) is 10.7 Å². The average molecular weight is 458 g/mol. The molecular formula is C22H20ClN3O4S. The maximum atomic E-state index is 12.7. The van der Waals surface area contributed by atoms with Crippen molar-refractivity contribution in [1.82, 2.24) is 10.2 Å². The highest BCUT2D eigenvalue weighted by Gasteiger charge is 2.40. The van der Waals surface area contributed by atoms with Crippen LogP contribution in [0.3, 0.4) is 0 Å². The number of benzene rings is 1. The lowest BCUT2D eigenvalue weighted by atomic mass is 9.94.